The molecule has 8 heteroatoms. The molecular weight excluding hydrogens is 375 g/mol. The first-order valence-electron chi connectivity index (χ1n) is 4.89. The van der Waals surface area contributed by atoms with Crippen molar-refractivity contribution in [1.82, 2.24) is 0 Å². The van der Waals surface area contributed by atoms with E-state index in [1.807, 2.05) is 6.92 Å². The molecule has 0 aliphatic carbocycles. The Morgan fingerprint density at radius 3 is 2.11 bits per heavy atom. The molecule has 0 heterocycles. The van der Waals surface area contributed by atoms with Gasteiger partial charge in [-0.3, -0.25) is 9.35 Å². The van der Waals surface area contributed by atoms with Crippen molar-refractivity contribution in [2.75, 3.05) is 0 Å². The lowest BCUT2D eigenvalue weighted by Gasteiger charge is -1.99. The minimum absolute atomic E-state index is 0.0953. The Bertz CT molecular complexity index is 468. The van der Waals surface area contributed by atoms with Gasteiger partial charge in [-0.2, -0.15) is 8.42 Å². The second-order valence-electron chi connectivity index (χ2n) is 3.11. The van der Waals surface area contributed by atoms with Crippen LogP contribution in [-0.4, -0.2) is 24.0 Å². The molecule has 0 aliphatic heterocycles. The molecule has 1 rings (SSSR count). The maximum atomic E-state index is 10.2. The van der Waals surface area contributed by atoms with Gasteiger partial charge in [0.25, 0.3) is 0 Å². The van der Waals surface area contributed by atoms with Crippen LogP contribution in [0.1, 0.15) is 19.8 Å². The summed E-state index contributed by atoms with van der Waals surface area (Å²) in [7, 11) is -4.39. The Kier molecular flexibility index (Phi) is 7.87. The Balaban J connectivity index is 0.000000411. The summed E-state index contributed by atoms with van der Waals surface area (Å²) in [5, 5.41) is 7.91. The molecule has 0 unspecified atom stereocenters. The lowest BCUT2D eigenvalue weighted by Crippen LogP contribution is -2.06. The second-order valence-corrected chi connectivity index (χ2v) is 5.38. The van der Waals surface area contributed by atoms with Crippen LogP contribution in [0.4, 0.5) is 0 Å². The molecule has 0 fully saturated rings. The number of benzene rings is 1. The molecule has 0 saturated carbocycles. The fraction of sp³-hybridized carbons (Fsp3) is 0.300. The Hall–Kier alpha value is -0.870. The molecule has 0 amide bonds. The molecule has 0 atom stereocenters. The van der Waals surface area contributed by atoms with E-state index in [0.29, 0.717) is 6.42 Å². The van der Waals surface area contributed by atoms with Crippen molar-refractivity contribution in [3.05, 3.63) is 27.8 Å². The van der Waals surface area contributed by atoms with E-state index < -0.39 is 16.4 Å². The average Bonchev–Trinajstić information content (AvgIpc) is 2.20. The van der Waals surface area contributed by atoms with Gasteiger partial charge in [0.2, 0.25) is 0 Å². The summed E-state index contributed by atoms with van der Waals surface area (Å²) in [5.41, 5.74) is 0. The summed E-state index contributed by atoms with van der Waals surface area (Å²) in [5.74, 6) is -0.615. The molecule has 2 N–H and O–H groups in total. The lowest BCUT2D eigenvalue weighted by molar-refractivity contribution is -0.137. The normalized spacial score (nSPS) is 10.2. The fourth-order valence-corrected chi connectivity index (χ4v) is 1.54. The van der Waals surface area contributed by atoms with Crippen LogP contribution >= 0.6 is 22.6 Å². The third-order valence-corrected chi connectivity index (χ3v) is 2.60. The summed E-state index contributed by atoms with van der Waals surface area (Å²) >= 11 is 2.07. The van der Waals surface area contributed by atoms with E-state index in [1.54, 1.807) is 12.1 Å². The van der Waals surface area contributed by atoms with Crippen LogP contribution in [0, 0.1) is 3.57 Å². The first-order valence-corrected chi connectivity index (χ1v) is 7.33. The monoisotopic (exact) mass is 388 g/mol. The zero-order valence-electron chi connectivity index (χ0n) is 9.54. The molecule has 0 bridgehead atoms. The van der Waals surface area contributed by atoms with Crippen LogP contribution in [0.15, 0.2) is 24.3 Å². The number of carbonyl (C=O) groups is 1. The summed E-state index contributed by atoms with van der Waals surface area (Å²) in [6, 6.07) is 6.24. The highest BCUT2D eigenvalue weighted by Gasteiger charge is 2.05. The van der Waals surface area contributed by atoms with Crippen molar-refractivity contribution in [2.24, 2.45) is 0 Å². The predicted molar refractivity (Wildman–Crippen MR) is 73.9 cm³/mol. The largest absolute Gasteiger partial charge is 0.481 e. The van der Waals surface area contributed by atoms with Crippen molar-refractivity contribution in [1.29, 1.82) is 0 Å². The van der Waals surface area contributed by atoms with Gasteiger partial charge < -0.3 is 9.29 Å². The highest BCUT2D eigenvalue weighted by atomic mass is 127. The standard InChI is InChI=1S/C6H5IO4S.C4H8O2/c7-5-1-3-6(4-2-5)11-12(8,9)10;1-2-3-4(5)6/h1-4H,(H,8,9,10);2-3H2,1H3,(H,5,6). The number of halogens is 1. The van der Waals surface area contributed by atoms with Crippen molar-refractivity contribution >= 4 is 39.0 Å². The van der Waals surface area contributed by atoms with E-state index in [9.17, 15) is 13.2 Å². The SMILES string of the molecule is CCCC(=O)O.O=S(=O)(O)Oc1ccc(I)cc1. The van der Waals surface area contributed by atoms with E-state index in [2.05, 4.69) is 26.8 Å². The van der Waals surface area contributed by atoms with Crippen LogP contribution in [0.2, 0.25) is 0 Å². The predicted octanol–water partition coefficient (Wildman–Crippen LogP) is 2.34. The molecule has 1 aromatic rings. The Morgan fingerprint density at radius 2 is 1.83 bits per heavy atom. The minimum atomic E-state index is -4.39. The van der Waals surface area contributed by atoms with Gasteiger partial charge in [-0.05, 0) is 53.3 Å². The number of carboxylic acid groups (broad SMARTS) is 1. The van der Waals surface area contributed by atoms with Crippen molar-refractivity contribution in [3.63, 3.8) is 0 Å². The molecule has 0 aromatic heterocycles. The van der Waals surface area contributed by atoms with Crippen LogP contribution in [0.3, 0.4) is 0 Å². The first-order chi connectivity index (χ1) is 8.24. The van der Waals surface area contributed by atoms with Crippen molar-refractivity contribution in [3.8, 4) is 5.75 Å². The lowest BCUT2D eigenvalue weighted by atomic mass is 10.3. The van der Waals surface area contributed by atoms with E-state index >= 15 is 0 Å². The van der Waals surface area contributed by atoms with Gasteiger partial charge >= 0.3 is 16.4 Å². The van der Waals surface area contributed by atoms with E-state index in [4.69, 9.17) is 9.66 Å². The molecular formula is C10H13IO6S. The maximum Gasteiger partial charge on any atom is 0.446 e. The van der Waals surface area contributed by atoms with Crippen molar-refractivity contribution in [2.45, 2.75) is 19.8 Å². The van der Waals surface area contributed by atoms with E-state index in [-0.39, 0.29) is 5.75 Å². The van der Waals surface area contributed by atoms with Gasteiger partial charge in [0.15, 0.2) is 0 Å². The number of aliphatic carboxylic acids is 1. The molecule has 0 radical (unpaired) electrons. The second kappa shape index (κ2) is 8.27. The molecule has 6 nitrogen and oxygen atoms in total. The topological polar surface area (TPSA) is 101 Å². The third-order valence-electron chi connectivity index (χ3n) is 1.48. The molecule has 0 spiro atoms. The highest BCUT2D eigenvalue weighted by Crippen LogP contribution is 2.14. The highest BCUT2D eigenvalue weighted by molar-refractivity contribution is 14.1. The molecule has 18 heavy (non-hydrogen) atoms. The van der Waals surface area contributed by atoms with Gasteiger partial charge in [0.1, 0.15) is 5.75 Å². The van der Waals surface area contributed by atoms with Gasteiger partial charge in [0.05, 0.1) is 0 Å². The zero-order valence-corrected chi connectivity index (χ0v) is 12.5. The molecule has 1 aromatic carbocycles. The third kappa shape index (κ3) is 10.3. The molecule has 102 valence electrons. The van der Waals surface area contributed by atoms with Crippen molar-refractivity contribution < 1.29 is 27.1 Å². The summed E-state index contributed by atoms with van der Waals surface area (Å²) < 4.78 is 33.9. The average molecular weight is 388 g/mol. The molecule has 0 saturated heterocycles. The number of rotatable bonds is 4. The Morgan fingerprint density at radius 1 is 1.33 bits per heavy atom. The van der Waals surface area contributed by atoms with Crippen LogP contribution in [-0.2, 0) is 15.2 Å². The van der Waals surface area contributed by atoms with E-state index in [1.165, 1.54) is 12.1 Å². The van der Waals surface area contributed by atoms with Crippen LogP contribution < -0.4 is 4.18 Å². The van der Waals surface area contributed by atoms with Gasteiger partial charge in [-0.1, -0.05) is 6.92 Å². The van der Waals surface area contributed by atoms with Gasteiger partial charge in [-0.25, -0.2) is 0 Å². The maximum absolute atomic E-state index is 10.2. The quantitative estimate of drug-likeness (QED) is 0.607. The number of carboxylic acids is 1. The van der Waals surface area contributed by atoms with Gasteiger partial charge in [-0.15, -0.1) is 0 Å². The first kappa shape index (κ1) is 17.1. The van der Waals surface area contributed by atoms with Gasteiger partial charge in [0, 0.05) is 9.99 Å². The fourth-order valence-electron chi connectivity index (χ4n) is 0.826. The smallest absolute Gasteiger partial charge is 0.446 e. The van der Waals surface area contributed by atoms with Crippen LogP contribution in [0.5, 0.6) is 5.75 Å². The minimum Gasteiger partial charge on any atom is -0.481 e. The summed E-state index contributed by atoms with van der Waals surface area (Å²) in [6.07, 6.45) is 1.02. The summed E-state index contributed by atoms with van der Waals surface area (Å²) in [6.45, 7) is 1.84. The number of hydrogen-bond acceptors (Lipinski definition) is 4. The Labute approximate surface area is 119 Å². The van der Waals surface area contributed by atoms with E-state index in [0.717, 1.165) is 9.99 Å². The molecule has 0 aliphatic rings. The zero-order chi connectivity index (χ0) is 14.2. The number of hydrogen-bond donors (Lipinski definition) is 2. The summed E-state index contributed by atoms with van der Waals surface area (Å²) in [4.78, 5) is 9.60. The van der Waals surface area contributed by atoms with Crippen LogP contribution in [0.25, 0.3) is 0 Å².